The van der Waals surface area contributed by atoms with Gasteiger partial charge in [0.1, 0.15) is 48.0 Å². The molecule has 0 unspecified atom stereocenters. The fourth-order valence-corrected chi connectivity index (χ4v) is 7.03. The Balaban J connectivity index is 2.46. The number of nitrogens with one attached hydrogen (secondary N) is 8. The summed E-state index contributed by atoms with van der Waals surface area (Å²) in [4.78, 5) is 166. The van der Waals surface area contributed by atoms with E-state index in [-0.39, 0.29) is 18.6 Å². The normalized spacial score (nSPS) is 14.1. The van der Waals surface area contributed by atoms with Gasteiger partial charge in [-0.3, -0.25) is 57.5 Å². The fraction of sp³-hybridized carbons (Fsp3) is 0.479. The molecule has 0 saturated carbocycles. The van der Waals surface area contributed by atoms with Crippen LogP contribution in [0.2, 0.25) is 0 Å². The van der Waals surface area contributed by atoms with E-state index in [2.05, 4.69) is 42.5 Å². The van der Waals surface area contributed by atoms with Gasteiger partial charge in [-0.15, -0.1) is 0 Å². The molecule has 0 spiro atoms. The third-order valence-corrected chi connectivity index (χ3v) is 11.2. The zero-order valence-electron chi connectivity index (χ0n) is 41.9. The summed E-state index contributed by atoms with van der Waals surface area (Å²) in [5.41, 5.74) is 6.38. The third kappa shape index (κ3) is 23.0. The number of aliphatic carboxylic acids is 5. The number of benzene rings is 2. The van der Waals surface area contributed by atoms with E-state index >= 15 is 0 Å². The van der Waals surface area contributed by atoms with Gasteiger partial charge in [0, 0.05) is 25.7 Å². The Morgan fingerprint density at radius 3 is 1.30 bits per heavy atom. The highest BCUT2D eigenvalue weighted by atomic mass is 16.4. The Morgan fingerprint density at radius 1 is 0.447 bits per heavy atom. The van der Waals surface area contributed by atoms with Crippen LogP contribution in [0.1, 0.15) is 77.3 Å². The summed E-state index contributed by atoms with van der Waals surface area (Å²) in [7, 11) is 0. The highest BCUT2D eigenvalue weighted by molar-refractivity contribution is 5.99. The number of carbonyl (C=O) groups is 13. The molecule has 0 fully saturated rings. The molecule has 0 aromatic heterocycles. The zero-order chi connectivity index (χ0) is 57.4. The number of carboxylic acid groups (broad SMARTS) is 5. The smallest absolute Gasteiger partial charge is 0.326 e. The molecule has 0 heterocycles. The Labute approximate surface area is 434 Å². The van der Waals surface area contributed by atoms with Gasteiger partial charge in [-0.2, -0.15) is 0 Å². The second-order valence-electron chi connectivity index (χ2n) is 18.1. The zero-order valence-corrected chi connectivity index (χ0v) is 41.9. The van der Waals surface area contributed by atoms with Crippen molar-refractivity contribution in [3.05, 3.63) is 65.7 Å². The van der Waals surface area contributed by atoms with Gasteiger partial charge < -0.3 is 78.9 Å². The van der Waals surface area contributed by atoms with E-state index in [0.717, 1.165) is 0 Å². The van der Waals surface area contributed by atoms with Gasteiger partial charge in [0.05, 0.1) is 25.4 Å². The minimum Gasteiger partial charge on any atom is -0.508 e. The van der Waals surface area contributed by atoms with Crippen LogP contribution in [0, 0.1) is 11.8 Å². The fourth-order valence-electron chi connectivity index (χ4n) is 7.03. The Morgan fingerprint density at radius 2 is 0.842 bits per heavy atom. The van der Waals surface area contributed by atoms with Crippen LogP contribution in [0.3, 0.4) is 0 Å². The predicted molar refractivity (Wildman–Crippen MR) is 262 cm³/mol. The molecule has 2 aromatic carbocycles. The molecule has 0 radical (unpaired) electrons. The highest BCUT2D eigenvalue weighted by Gasteiger charge is 2.37. The van der Waals surface area contributed by atoms with Crippen molar-refractivity contribution >= 4 is 77.1 Å². The first-order valence-electron chi connectivity index (χ1n) is 23.6. The van der Waals surface area contributed by atoms with Gasteiger partial charge in [0.25, 0.3) is 0 Å². The molecule has 28 nitrogen and oxygen atoms in total. The van der Waals surface area contributed by atoms with Crippen LogP contribution in [-0.4, -0.2) is 163 Å². The van der Waals surface area contributed by atoms with E-state index in [1.54, 1.807) is 30.3 Å². The molecule has 2 rings (SSSR count). The molecule has 16 N–H and O–H groups in total. The van der Waals surface area contributed by atoms with Gasteiger partial charge in [0.15, 0.2) is 0 Å². The molecular formula is C48H65N9O19. The molecule has 0 aliphatic heterocycles. The average Bonchev–Trinajstić information content (AvgIpc) is 3.33. The minimum atomic E-state index is -1.99. The lowest BCUT2D eigenvalue weighted by Gasteiger charge is -2.29. The number of nitrogens with two attached hydrogens (primary N) is 1. The van der Waals surface area contributed by atoms with Gasteiger partial charge in [-0.05, 0) is 47.9 Å². The maximum atomic E-state index is 14.2. The van der Waals surface area contributed by atoms with Crippen molar-refractivity contribution < 1.29 is 93.0 Å². The SMILES string of the molecule is CC(C)[C@H](NC(=O)[C@H](Cc1ccccc1)NC(=O)[C@H](CC(=O)O)NC(=O)[C@H](Cc1ccc(O)cc1)NC(=O)[C@@H](NC(=O)[C@H](CC(=O)O)NC(=O)CNC(=O)[C@@H](N)CCC(=O)O)C(C)C)C(=O)N[C@@H](CCC(=O)O)C(=O)O. The molecule has 0 aliphatic rings. The number of hydrogen-bond donors (Lipinski definition) is 15. The van der Waals surface area contributed by atoms with Crippen molar-refractivity contribution in [2.45, 2.75) is 127 Å². The standard InChI is InChI=1S/C48H65N9O19/c1-23(2)39(46(73)52-29(48(75)76)15-17-36(62)63)56-44(71)31(18-25-8-6-5-7-9-25)53-43(70)33(21-38(66)67)54-42(69)30(19-26-10-12-27(58)13-11-26)55-47(74)40(24(3)4)57-45(72)32(20-37(64)65)51-34(59)22-50-41(68)28(49)14-16-35(60)61/h5-13,23-24,28-33,39-40,58H,14-22,49H2,1-4H3,(H,50,68)(H,51,59)(H,52,73)(H,53,70)(H,54,69)(H,55,74)(H,56,71)(H,57,72)(H,60,61)(H,62,63)(H,64,65)(H,66,67)(H,75,76)/t28-,29-,30-,31-,32-,33-,39-,40-/m0/s1. The summed E-state index contributed by atoms with van der Waals surface area (Å²) < 4.78 is 0. The largest absolute Gasteiger partial charge is 0.508 e. The van der Waals surface area contributed by atoms with E-state index in [9.17, 15) is 82.8 Å². The average molecular weight is 1070 g/mol. The molecule has 0 bridgehead atoms. The Kier molecular flexibility index (Phi) is 26.0. The number of hydrogen-bond acceptors (Lipinski definition) is 15. The summed E-state index contributed by atoms with van der Waals surface area (Å²) in [6.07, 6.45) is -4.66. The van der Waals surface area contributed by atoms with E-state index in [1.165, 1.54) is 52.0 Å². The topological polar surface area (TPSA) is 466 Å². The van der Waals surface area contributed by atoms with E-state index in [1.807, 2.05) is 0 Å². The van der Waals surface area contributed by atoms with Gasteiger partial charge in [0.2, 0.25) is 47.3 Å². The van der Waals surface area contributed by atoms with Crippen molar-refractivity contribution in [3.8, 4) is 5.75 Å². The van der Waals surface area contributed by atoms with Crippen molar-refractivity contribution in [2.75, 3.05) is 6.54 Å². The van der Waals surface area contributed by atoms with Crippen molar-refractivity contribution in [1.29, 1.82) is 0 Å². The van der Waals surface area contributed by atoms with Crippen LogP contribution in [0.4, 0.5) is 0 Å². The summed E-state index contributed by atoms with van der Waals surface area (Å²) in [6.45, 7) is 5.09. The first kappa shape index (κ1) is 63.4. The summed E-state index contributed by atoms with van der Waals surface area (Å²) >= 11 is 0. The molecule has 8 atom stereocenters. The van der Waals surface area contributed by atoms with Crippen molar-refractivity contribution in [3.63, 3.8) is 0 Å². The number of carboxylic acids is 5. The monoisotopic (exact) mass is 1070 g/mol. The van der Waals surface area contributed by atoms with Crippen LogP contribution in [0.5, 0.6) is 5.75 Å². The first-order chi connectivity index (χ1) is 35.6. The summed E-state index contributed by atoms with van der Waals surface area (Å²) in [5, 5.41) is 75.2. The van der Waals surface area contributed by atoms with Crippen LogP contribution in [0.25, 0.3) is 0 Å². The molecule has 2 aromatic rings. The van der Waals surface area contributed by atoms with Crippen molar-refractivity contribution in [1.82, 2.24) is 42.5 Å². The van der Waals surface area contributed by atoms with Gasteiger partial charge in [-0.1, -0.05) is 70.2 Å². The number of phenols is 1. The second-order valence-corrected chi connectivity index (χ2v) is 18.1. The number of rotatable bonds is 33. The maximum absolute atomic E-state index is 14.2. The second kappa shape index (κ2) is 31.1. The van der Waals surface area contributed by atoms with Crippen LogP contribution in [0.15, 0.2) is 54.6 Å². The Hall–Kier alpha value is -8.69. The predicted octanol–water partition coefficient (Wildman–Crippen LogP) is -2.91. The number of aromatic hydroxyl groups is 1. The summed E-state index contributed by atoms with van der Waals surface area (Å²) in [6, 6.07) is 0.0579. The van der Waals surface area contributed by atoms with Gasteiger partial charge >= 0.3 is 29.8 Å². The number of amides is 8. The number of phenolic OH excluding ortho intramolecular Hbond substituents is 1. The molecule has 28 heteroatoms. The molecule has 416 valence electrons. The molecule has 0 aliphatic carbocycles. The lowest BCUT2D eigenvalue weighted by molar-refractivity contribution is -0.144. The summed E-state index contributed by atoms with van der Waals surface area (Å²) in [5.74, 6) is -17.8. The lowest BCUT2D eigenvalue weighted by Crippen LogP contribution is -2.61. The van der Waals surface area contributed by atoms with E-state index in [0.29, 0.717) is 11.1 Å². The van der Waals surface area contributed by atoms with Crippen LogP contribution < -0.4 is 48.3 Å². The molecule has 76 heavy (non-hydrogen) atoms. The van der Waals surface area contributed by atoms with E-state index in [4.69, 9.17) is 15.9 Å². The van der Waals surface area contributed by atoms with Crippen LogP contribution >= 0.6 is 0 Å². The van der Waals surface area contributed by atoms with Crippen molar-refractivity contribution in [2.24, 2.45) is 17.6 Å². The van der Waals surface area contributed by atoms with Crippen LogP contribution in [-0.2, 0) is 75.2 Å². The lowest BCUT2D eigenvalue weighted by atomic mass is 9.99. The van der Waals surface area contributed by atoms with E-state index < -0.39 is 182 Å². The molecule has 0 saturated heterocycles. The Bertz CT molecular complexity index is 2420. The quantitative estimate of drug-likeness (QED) is 0.0341. The van der Waals surface area contributed by atoms with Gasteiger partial charge in [-0.25, -0.2) is 4.79 Å². The molecule has 8 amide bonds. The first-order valence-corrected chi connectivity index (χ1v) is 23.6. The molecular weight excluding hydrogens is 1010 g/mol. The maximum Gasteiger partial charge on any atom is 0.326 e. The third-order valence-electron chi connectivity index (χ3n) is 11.2. The number of carbonyl (C=O) groups excluding carboxylic acids is 8. The minimum absolute atomic E-state index is 0.186. The highest BCUT2D eigenvalue weighted by Crippen LogP contribution is 2.14.